The average molecular weight is 213 g/mol. The van der Waals surface area contributed by atoms with Crippen LogP contribution >= 0.6 is 0 Å². The number of aliphatic hydroxyl groups excluding tert-OH is 2. The molecule has 0 rings (SSSR count). The van der Waals surface area contributed by atoms with E-state index in [1.54, 1.807) is 0 Å². The lowest BCUT2D eigenvalue weighted by Crippen LogP contribution is -2.37. The third-order valence-electron chi connectivity index (χ3n) is 1.43. The number of nitrogens with one attached hydrogen (secondary N) is 1. The lowest BCUT2D eigenvalue weighted by Gasteiger charge is -2.14. The third kappa shape index (κ3) is 8.13. The van der Waals surface area contributed by atoms with Crippen molar-refractivity contribution in [1.29, 1.82) is 0 Å². The van der Waals surface area contributed by atoms with E-state index in [0.29, 0.717) is 0 Å². The van der Waals surface area contributed by atoms with Gasteiger partial charge in [0.05, 0.1) is 12.4 Å². The predicted molar refractivity (Wildman–Crippen MR) is 47.0 cm³/mol. The molecule has 0 saturated carbocycles. The zero-order valence-corrected chi connectivity index (χ0v) is 8.00. The average Bonchev–Trinajstić information content (AvgIpc) is 1.98. The van der Waals surface area contributed by atoms with Crippen LogP contribution in [0.1, 0.15) is 6.42 Å². The van der Waals surface area contributed by atoms with Crippen LogP contribution in [0.4, 0.5) is 0 Å². The van der Waals surface area contributed by atoms with Crippen molar-refractivity contribution >= 4 is 10.1 Å². The Hall–Kier alpha value is -0.210. The zero-order valence-electron chi connectivity index (χ0n) is 7.18. The van der Waals surface area contributed by atoms with E-state index < -0.39 is 21.9 Å². The van der Waals surface area contributed by atoms with Crippen LogP contribution in [0.15, 0.2) is 0 Å². The van der Waals surface area contributed by atoms with Crippen molar-refractivity contribution in [2.45, 2.75) is 12.5 Å². The van der Waals surface area contributed by atoms with Crippen LogP contribution in [0.3, 0.4) is 0 Å². The lowest BCUT2D eigenvalue weighted by molar-refractivity contribution is 0.253. The fraction of sp³-hybridized carbons (Fsp3) is 1.00. The summed E-state index contributed by atoms with van der Waals surface area (Å²) in [6, 6.07) is -0.521. The molecule has 0 saturated heterocycles. The molecular weight excluding hydrogens is 198 g/mol. The SMILES string of the molecule is O=S(=O)(O)CC(CCO)NCCO. The molecular formula is C6H15NO5S. The highest BCUT2D eigenvalue weighted by Gasteiger charge is 2.15. The molecule has 4 N–H and O–H groups in total. The molecule has 0 heterocycles. The van der Waals surface area contributed by atoms with Gasteiger partial charge in [-0.05, 0) is 6.42 Å². The van der Waals surface area contributed by atoms with E-state index in [9.17, 15) is 8.42 Å². The Kier molecular flexibility index (Phi) is 6.17. The predicted octanol–water partition coefficient (Wildman–Crippen LogP) is -1.79. The maximum atomic E-state index is 10.5. The van der Waals surface area contributed by atoms with Crippen LogP contribution in [0.5, 0.6) is 0 Å². The Morgan fingerprint density at radius 1 is 1.23 bits per heavy atom. The quantitative estimate of drug-likeness (QED) is 0.372. The van der Waals surface area contributed by atoms with Gasteiger partial charge in [-0.15, -0.1) is 0 Å². The van der Waals surface area contributed by atoms with Crippen LogP contribution in [-0.2, 0) is 10.1 Å². The summed E-state index contributed by atoms with van der Waals surface area (Å²) in [5, 5.41) is 19.7. The highest BCUT2D eigenvalue weighted by Crippen LogP contribution is 1.95. The maximum Gasteiger partial charge on any atom is 0.266 e. The van der Waals surface area contributed by atoms with Gasteiger partial charge in [0, 0.05) is 19.2 Å². The number of aliphatic hydroxyl groups is 2. The first kappa shape index (κ1) is 12.8. The number of hydrogen-bond donors (Lipinski definition) is 4. The van der Waals surface area contributed by atoms with E-state index >= 15 is 0 Å². The van der Waals surface area contributed by atoms with Crippen LogP contribution < -0.4 is 5.32 Å². The second-order valence-corrected chi connectivity index (χ2v) is 4.13. The summed E-state index contributed by atoms with van der Waals surface area (Å²) in [6.07, 6.45) is 0.222. The Bertz CT molecular complexity index is 215. The van der Waals surface area contributed by atoms with Gasteiger partial charge in [-0.3, -0.25) is 4.55 Å². The van der Waals surface area contributed by atoms with E-state index in [-0.39, 0.29) is 26.2 Å². The minimum Gasteiger partial charge on any atom is -0.396 e. The summed E-state index contributed by atoms with van der Waals surface area (Å²) in [5.74, 6) is -0.451. The normalized spacial score (nSPS) is 14.4. The molecule has 1 atom stereocenters. The topological polar surface area (TPSA) is 107 Å². The molecule has 1 unspecified atom stereocenters. The molecule has 0 amide bonds. The molecule has 80 valence electrons. The molecule has 0 radical (unpaired) electrons. The van der Waals surface area contributed by atoms with Crippen molar-refractivity contribution in [2.75, 3.05) is 25.5 Å². The van der Waals surface area contributed by atoms with E-state index in [1.165, 1.54) is 0 Å². The first-order valence-electron chi connectivity index (χ1n) is 3.90. The Morgan fingerprint density at radius 2 is 1.85 bits per heavy atom. The molecule has 0 fully saturated rings. The van der Waals surface area contributed by atoms with E-state index in [0.717, 1.165) is 0 Å². The minimum atomic E-state index is -4.03. The van der Waals surface area contributed by atoms with Gasteiger partial charge in [0.2, 0.25) is 0 Å². The summed E-state index contributed by atoms with van der Waals surface area (Å²) >= 11 is 0. The molecule has 7 heteroatoms. The van der Waals surface area contributed by atoms with Gasteiger partial charge < -0.3 is 15.5 Å². The Balaban J connectivity index is 3.94. The van der Waals surface area contributed by atoms with Crippen molar-refractivity contribution in [1.82, 2.24) is 5.32 Å². The fourth-order valence-electron chi connectivity index (χ4n) is 0.923. The molecule has 0 bridgehead atoms. The summed E-state index contributed by atoms with van der Waals surface area (Å²) in [7, 11) is -4.03. The molecule has 0 aromatic rings. The second kappa shape index (κ2) is 6.28. The van der Waals surface area contributed by atoms with Crippen molar-refractivity contribution in [3.8, 4) is 0 Å². The van der Waals surface area contributed by atoms with Crippen LogP contribution in [0.25, 0.3) is 0 Å². The Labute approximate surface area is 77.3 Å². The summed E-state index contributed by atoms with van der Waals surface area (Å²) < 4.78 is 29.4. The van der Waals surface area contributed by atoms with Crippen LogP contribution in [0, 0.1) is 0 Å². The van der Waals surface area contributed by atoms with Gasteiger partial charge in [0.15, 0.2) is 0 Å². The molecule has 13 heavy (non-hydrogen) atoms. The third-order valence-corrected chi connectivity index (χ3v) is 2.26. The van der Waals surface area contributed by atoms with Crippen molar-refractivity contribution in [3.63, 3.8) is 0 Å². The van der Waals surface area contributed by atoms with Crippen molar-refractivity contribution in [3.05, 3.63) is 0 Å². The van der Waals surface area contributed by atoms with Gasteiger partial charge >= 0.3 is 0 Å². The fourth-order valence-corrected chi connectivity index (χ4v) is 1.72. The smallest absolute Gasteiger partial charge is 0.266 e. The van der Waals surface area contributed by atoms with Crippen LogP contribution in [-0.4, -0.2) is 54.7 Å². The standard InChI is InChI=1S/C6H15NO5S/c8-3-1-6(7-2-4-9)5-13(10,11)12/h6-9H,1-5H2,(H,10,11,12). The van der Waals surface area contributed by atoms with Gasteiger partial charge in [0.25, 0.3) is 10.1 Å². The van der Waals surface area contributed by atoms with E-state index in [4.69, 9.17) is 14.8 Å². The minimum absolute atomic E-state index is 0.118. The molecule has 0 aromatic carbocycles. The van der Waals surface area contributed by atoms with E-state index in [2.05, 4.69) is 5.32 Å². The highest BCUT2D eigenvalue weighted by atomic mass is 32.2. The molecule has 6 nitrogen and oxygen atoms in total. The van der Waals surface area contributed by atoms with Gasteiger partial charge in [-0.2, -0.15) is 8.42 Å². The monoisotopic (exact) mass is 213 g/mol. The number of hydrogen-bond acceptors (Lipinski definition) is 5. The summed E-state index contributed by atoms with van der Waals surface area (Å²) in [6.45, 7) is -0.0494. The summed E-state index contributed by atoms with van der Waals surface area (Å²) in [4.78, 5) is 0. The largest absolute Gasteiger partial charge is 0.396 e. The molecule has 0 aliphatic carbocycles. The first-order chi connectivity index (χ1) is 5.99. The second-order valence-electron chi connectivity index (χ2n) is 2.64. The summed E-state index contributed by atoms with van der Waals surface area (Å²) in [5.41, 5.74) is 0. The molecule has 0 aliphatic rings. The number of rotatable bonds is 7. The lowest BCUT2D eigenvalue weighted by atomic mass is 10.2. The van der Waals surface area contributed by atoms with Crippen molar-refractivity contribution in [2.24, 2.45) is 0 Å². The highest BCUT2D eigenvalue weighted by molar-refractivity contribution is 7.85. The molecule has 0 aromatic heterocycles. The van der Waals surface area contributed by atoms with Crippen molar-refractivity contribution < 1.29 is 23.2 Å². The molecule has 0 spiro atoms. The van der Waals surface area contributed by atoms with Gasteiger partial charge in [0.1, 0.15) is 0 Å². The van der Waals surface area contributed by atoms with Crippen LogP contribution in [0.2, 0.25) is 0 Å². The maximum absolute atomic E-state index is 10.5. The first-order valence-corrected chi connectivity index (χ1v) is 5.50. The van der Waals surface area contributed by atoms with Gasteiger partial charge in [-0.25, -0.2) is 0 Å². The molecule has 0 aliphatic heterocycles. The Morgan fingerprint density at radius 3 is 2.23 bits per heavy atom. The van der Waals surface area contributed by atoms with E-state index in [1.807, 2.05) is 0 Å². The zero-order chi connectivity index (χ0) is 10.3. The van der Waals surface area contributed by atoms with Gasteiger partial charge in [-0.1, -0.05) is 0 Å².